The van der Waals surface area contributed by atoms with Crippen molar-refractivity contribution in [2.45, 2.75) is 5.75 Å². The number of benzene rings is 2. The lowest BCUT2D eigenvalue weighted by molar-refractivity contribution is 0.626. The summed E-state index contributed by atoms with van der Waals surface area (Å²) < 4.78 is 13.5. The minimum absolute atomic E-state index is 0. The first-order valence-electron chi connectivity index (χ1n) is 6.14. The van der Waals surface area contributed by atoms with Crippen molar-refractivity contribution in [3.63, 3.8) is 0 Å². The number of nitrogens with two attached hydrogens (primary N) is 1. The fraction of sp³-hybridized carbons (Fsp3) is 0.0667. The summed E-state index contributed by atoms with van der Waals surface area (Å²) in [5, 5.41) is 8.18. The second-order valence-corrected chi connectivity index (χ2v) is 5.50. The van der Waals surface area contributed by atoms with Crippen molar-refractivity contribution in [2.75, 3.05) is 0 Å². The Hall–Kier alpha value is -1.56. The number of nitrogens with zero attached hydrogens (tertiary/aromatic N) is 2. The van der Waals surface area contributed by atoms with Crippen molar-refractivity contribution >= 4 is 47.2 Å². The first kappa shape index (κ1) is 18.5. The first-order valence-corrected chi connectivity index (χ1v) is 7.50. The Kier molecular flexibility index (Phi) is 7.95. The molecule has 0 aliphatic rings. The second-order valence-electron chi connectivity index (χ2n) is 4.09. The van der Waals surface area contributed by atoms with E-state index in [2.05, 4.69) is 10.2 Å². The van der Waals surface area contributed by atoms with E-state index >= 15 is 0 Å². The summed E-state index contributed by atoms with van der Waals surface area (Å²) in [7, 11) is 0. The van der Waals surface area contributed by atoms with Gasteiger partial charge in [-0.2, -0.15) is 5.10 Å². The van der Waals surface area contributed by atoms with Gasteiger partial charge in [-0.05, 0) is 17.7 Å². The number of halogens is 3. The Labute approximate surface area is 143 Å². The number of hydrogen-bond acceptors (Lipinski definition) is 3. The zero-order valence-corrected chi connectivity index (χ0v) is 13.8. The van der Waals surface area contributed by atoms with Crippen molar-refractivity contribution in [1.29, 1.82) is 0 Å². The number of amidine groups is 1. The highest BCUT2D eigenvalue weighted by Crippen LogP contribution is 2.17. The summed E-state index contributed by atoms with van der Waals surface area (Å²) in [6.07, 6.45) is 1.26. The lowest BCUT2D eigenvalue weighted by atomic mass is 10.2. The average Bonchev–Trinajstić information content (AvgIpc) is 2.49. The molecule has 0 bridgehead atoms. The molecule has 0 aromatic heterocycles. The maximum atomic E-state index is 13.5. The third-order valence-electron chi connectivity index (χ3n) is 2.57. The van der Waals surface area contributed by atoms with E-state index < -0.39 is 5.82 Å². The molecule has 0 unspecified atom stereocenters. The molecule has 0 heterocycles. The zero-order valence-electron chi connectivity index (χ0n) is 11.4. The van der Waals surface area contributed by atoms with Crippen LogP contribution in [0.25, 0.3) is 0 Å². The summed E-state index contributed by atoms with van der Waals surface area (Å²) in [4.78, 5) is 0. The maximum Gasteiger partial charge on any atom is 0.180 e. The fourth-order valence-corrected chi connectivity index (χ4v) is 2.36. The molecule has 2 aromatic carbocycles. The normalized spacial score (nSPS) is 11.5. The molecule has 0 atom stereocenters. The van der Waals surface area contributed by atoms with Gasteiger partial charge in [0.25, 0.3) is 0 Å². The van der Waals surface area contributed by atoms with Crippen LogP contribution in [-0.4, -0.2) is 11.4 Å². The maximum absolute atomic E-state index is 13.5. The molecule has 0 amide bonds. The third kappa shape index (κ3) is 5.67. The van der Waals surface area contributed by atoms with E-state index in [9.17, 15) is 4.39 Å². The zero-order chi connectivity index (χ0) is 15.1. The predicted molar refractivity (Wildman–Crippen MR) is 95.6 cm³/mol. The highest BCUT2D eigenvalue weighted by atomic mass is 35.5. The van der Waals surface area contributed by atoms with Crippen molar-refractivity contribution in [3.8, 4) is 0 Å². The van der Waals surface area contributed by atoms with Gasteiger partial charge in [0.05, 0.1) is 11.2 Å². The van der Waals surface area contributed by atoms with E-state index in [4.69, 9.17) is 17.3 Å². The van der Waals surface area contributed by atoms with Crippen LogP contribution in [-0.2, 0) is 5.75 Å². The Morgan fingerprint density at radius 2 is 1.91 bits per heavy atom. The smallest absolute Gasteiger partial charge is 0.180 e. The van der Waals surface area contributed by atoms with E-state index in [1.165, 1.54) is 30.1 Å². The van der Waals surface area contributed by atoms with E-state index in [1.54, 1.807) is 6.07 Å². The van der Waals surface area contributed by atoms with Gasteiger partial charge in [-0.15, -0.1) is 17.5 Å². The van der Waals surface area contributed by atoms with Crippen LogP contribution < -0.4 is 5.73 Å². The molecule has 0 aliphatic heterocycles. The quantitative estimate of drug-likeness (QED) is 0.498. The van der Waals surface area contributed by atoms with E-state index in [-0.39, 0.29) is 23.0 Å². The fourth-order valence-electron chi connectivity index (χ4n) is 1.54. The number of hydrogen-bond donors (Lipinski definition) is 1. The Morgan fingerprint density at radius 3 is 2.59 bits per heavy atom. The van der Waals surface area contributed by atoms with Gasteiger partial charge >= 0.3 is 0 Å². The van der Waals surface area contributed by atoms with Crippen LogP contribution >= 0.6 is 35.8 Å². The van der Waals surface area contributed by atoms with Crippen LogP contribution in [0.15, 0.2) is 58.7 Å². The van der Waals surface area contributed by atoms with Crippen LogP contribution in [0.2, 0.25) is 5.02 Å². The van der Waals surface area contributed by atoms with Crippen LogP contribution in [0, 0.1) is 5.82 Å². The molecule has 3 nitrogen and oxygen atoms in total. The van der Waals surface area contributed by atoms with Crippen molar-refractivity contribution < 1.29 is 4.39 Å². The molecular weight excluding hydrogens is 344 g/mol. The SMILES string of the molecule is Cl.NC(=N/N=C/c1c(F)cccc1Cl)SCc1ccccc1. The van der Waals surface area contributed by atoms with Crippen molar-refractivity contribution in [3.05, 3.63) is 70.5 Å². The van der Waals surface area contributed by atoms with Gasteiger partial charge in [0, 0.05) is 11.3 Å². The molecule has 2 aromatic rings. The highest BCUT2D eigenvalue weighted by Gasteiger charge is 2.03. The topological polar surface area (TPSA) is 50.7 Å². The standard InChI is InChI=1S/C15H13ClFN3S.ClH/c16-13-7-4-8-14(17)12(13)9-19-20-15(18)21-10-11-5-2-1-3-6-11;/h1-9H,10H2,(H2,18,20);1H/b19-9+;. The monoisotopic (exact) mass is 357 g/mol. The summed E-state index contributed by atoms with van der Waals surface area (Å²) in [6.45, 7) is 0. The van der Waals surface area contributed by atoms with Gasteiger partial charge in [-0.1, -0.05) is 59.8 Å². The molecule has 0 spiro atoms. The van der Waals surface area contributed by atoms with Gasteiger partial charge in [0.15, 0.2) is 5.17 Å². The average molecular weight is 358 g/mol. The van der Waals surface area contributed by atoms with Gasteiger partial charge < -0.3 is 5.73 Å². The number of thioether (sulfide) groups is 1. The van der Waals surface area contributed by atoms with Crippen LogP contribution in [0.3, 0.4) is 0 Å². The molecule has 0 fully saturated rings. The molecule has 2 rings (SSSR count). The summed E-state index contributed by atoms with van der Waals surface area (Å²) in [5.74, 6) is 0.253. The van der Waals surface area contributed by atoms with Gasteiger partial charge in [0.2, 0.25) is 0 Å². The van der Waals surface area contributed by atoms with Crippen LogP contribution in [0.5, 0.6) is 0 Å². The van der Waals surface area contributed by atoms with E-state index in [1.807, 2.05) is 30.3 Å². The van der Waals surface area contributed by atoms with E-state index in [0.29, 0.717) is 10.9 Å². The molecule has 22 heavy (non-hydrogen) atoms. The molecule has 116 valence electrons. The Bertz CT molecular complexity index is 643. The molecule has 0 aliphatic carbocycles. The Balaban J connectivity index is 0.00000242. The van der Waals surface area contributed by atoms with E-state index in [0.717, 1.165) is 5.56 Å². The minimum atomic E-state index is -0.447. The Morgan fingerprint density at radius 1 is 1.18 bits per heavy atom. The third-order valence-corrected chi connectivity index (χ3v) is 3.76. The van der Waals surface area contributed by atoms with Crippen molar-refractivity contribution in [2.24, 2.45) is 15.9 Å². The van der Waals surface area contributed by atoms with Crippen molar-refractivity contribution in [1.82, 2.24) is 0 Å². The van der Waals surface area contributed by atoms with Gasteiger partial charge in [0.1, 0.15) is 5.82 Å². The molecule has 0 saturated heterocycles. The largest absolute Gasteiger partial charge is 0.377 e. The predicted octanol–water partition coefficient (Wildman–Crippen LogP) is 4.48. The van der Waals surface area contributed by atoms with Crippen LogP contribution in [0.4, 0.5) is 4.39 Å². The van der Waals surface area contributed by atoms with Gasteiger partial charge in [-0.3, -0.25) is 0 Å². The number of rotatable bonds is 4. The van der Waals surface area contributed by atoms with Crippen LogP contribution in [0.1, 0.15) is 11.1 Å². The molecule has 2 N–H and O–H groups in total. The van der Waals surface area contributed by atoms with Gasteiger partial charge in [-0.25, -0.2) is 4.39 Å². The second kappa shape index (κ2) is 9.46. The minimum Gasteiger partial charge on any atom is -0.377 e. The summed E-state index contributed by atoms with van der Waals surface area (Å²) >= 11 is 7.23. The molecular formula is C15H14Cl2FN3S. The molecule has 0 saturated carbocycles. The summed E-state index contributed by atoms with van der Waals surface area (Å²) in [5.41, 5.74) is 7.07. The molecule has 7 heteroatoms. The molecule has 0 radical (unpaired) electrons. The lowest BCUT2D eigenvalue weighted by Crippen LogP contribution is -2.06. The first-order chi connectivity index (χ1) is 10.2. The highest BCUT2D eigenvalue weighted by molar-refractivity contribution is 8.13. The summed E-state index contributed by atoms with van der Waals surface area (Å²) in [6, 6.07) is 14.3. The lowest BCUT2D eigenvalue weighted by Gasteiger charge is -2.00.